The van der Waals surface area contributed by atoms with Crippen molar-refractivity contribution >= 4 is 11.8 Å². The molecule has 0 fully saturated rings. The number of hydrogen-bond acceptors (Lipinski definition) is 8. The standard InChI is InChI=1S/C18H16N6O2S/c1-12-20-21-16(26-12)11-27-18-23-22-17(13-7-9-19-10-8-13)24(18)14-3-5-15(25-2)6-4-14/h3-10H,11H2,1-2H3. The van der Waals surface area contributed by atoms with Gasteiger partial charge in [-0.25, -0.2) is 0 Å². The van der Waals surface area contributed by atoms with Gasteiger partial charge in [0.1, 0.15) is 5.75 Å². The number of benzene rings is 1. The molecule has 0 aliphatic rings. The van der Waals surface area contributed by atoms with Crippen LogP contribution in [0.25, 0.3) is 17.1 Å². The van der Waals surface area contributed by atoms with E-state index in [-0.39, 0.29) is 0 Å². The lowest BCUT2D eigenvalue weighted by atomic mass is 10.2. The summed E-state index contributed by atoms with van der Waals surface area (Å²) < 4.78 is 12.7. The second kappa shape index (κ2) is 7.58. The zero-order valence-electron chi connectivity index (χ0n) is 14.7. The summed E-state index contributed by atoms with van der Waals surface area (Å²) in [4.78, 5) is 4.07. The molecule has 27 heavy (non-hydrogen) atoms. The third-order valence-electron chi connectivity index (χ3n) is 3.80. The molecule has 0 atom stereocenters. The molecular weight excluding hydrogens is 364 g/mol. The smallest absolute Gasteiger partial charge is 0.226 e. The minimum atomic E-state index is 0.505. The van der Waals surface area contributed by atoms with Gasteiger partial charge < -0.3 is 9.15 Å². The number of ether oxygens (including phenoxy) is 1. The first-order valence-corrected chi connectivity index (χ1v) is 9.15. The Labute approximate surface area is 159 Å². The second-order valence-electron chi connectivity index (χ2n) is 5.58. The maximum Gasteiger partial charge on any atom is 0.226 e. The molecule has 9 heteroatoms. The van der Waals surface area contributed by atoms with Crippen molar-refractivity contribution in [2.24, 2.45) is 0 Å². The molecule has 0 amide bonds. The van der Waals surface area contributed by atoms with Crippen molar-refractivity contribution in [1.29, 1.82) is 0 Å². The average Bonchev–Trinajstić information content (AvgIpc) is 3.33. The van der Waals surface area contributed by atoms with Crippen LogP contribution in [0, 0.1) is 6.92 Å². The van der Waals surface area contributed by atoms with Crippen molar-refractivity contribution < 1.29 is 9.15 Å². The maximum absolute atomic E-state index is 5.45. The van der Waals surface area contributed by atoms with Gasteiger partial charge in [-0.15, -0.1) is 20.4 Å². The van der Waals surface area contributed by atoms with Crippen LogP contribution in [0.4, 0.5) is 0 Å². The van der Waals surface area contributed by atoms with E-state index in [0.29, 0.717) is 17.5 Å². The molecule has 0 unspecified atom stereocenters. The molecule has 0 N–H and O–H groups in total. The van der Waals surface area contributed by atoms with Gasteiger partial charge in [-0.3, -0.25) is 9.55 Å². The Morgan fingerprint density at radius 1 is 1.00 bits per heavy atom. The van der Waals surface area contributed by atoms with E-state index in [4.69, 9.17) is 9.15 Å². The highest BCUT2D eigenvalue weighted by molar-refractivity contribution is 7.98. The summed E-state index contributed by atoms with van der Waals surface area (Å²) in [5.41, 5.74) is 1.85. The van der Waals surface area contributed by atoms with Gasteiger partial charge in [0.2, 0.25) is 11.8 Å². The molecule has 3 aromatic heterocycles. The second-order valence-corrected chi connectivity index (χ2v) is 6.52. The number of hydrogen-bond donors (Lipinski definition) is 0. The summed E-state index contributed by atoms with van der Waals surface area (Å²) in [6.45, 7) is 1.77. The molecule has 0 saturated carbocycles. The lowest BCUT2D eigenvalue weighted by Crippen LogP contribution is -2.00. The van der Waals surface area contributed by atoms with Gasteiger partial charge in [0.25, 0.3) is 0 Å². The molecular formula is C18H16N6O2S. The Hall–Kier alpha value is -3.20. The molecule has 0 bridgehead atoms. The Balaban J connectivity index is 1.72. The van der Waals surface area contributed by atoms with Crippen molar-refractivity contribution in [3.05, 3.63) is 60.6 Å². The van der Waals surface area contributed by atoms with Crippen molar-refractivity contribution in [2.75, 3.05) is 7.11 Å². The van der Waals surface area contributed by atoms with E-state index >= 15 is 0 Å². The fourth-order valence-corrected chi connectivity index (χ4v) is 3.33. The molecule has 0 spiro atoms. The molecule has 8 nitrogen and oxygen atoms in total. The van der Waals surface area contributed by atoms with Gasteiger partial charge in [0.05, 0.1) is 12.9 Å². The number of aromatic nitrogens is 6. The Kier molecular flexibility index (Phi) is 4.84. The molecule has 0 aliphatic heterocycles. The quantitative estimate of drug-likeness (QED) is 0.470. The Bertz CT molecular complexity index is 1030. The molecule has 0 aliphatic carbocycles. The van der Waals surface area contributed by atoms with Gasteiger partial charge in [-0.1, -0.05) is 11.8 Å². The average molecular weight is 380 g/mol. The minimum Gasteiger partial charge on any atom is -0.497 e. The minimum absolute atomic E-state index is 0.505. The van der Waals surface area contributed by atoms with Gasteiger partial charge in [0.15, 0.2) is 11.0 Å². The maximum atomic E-state index is 5.45. The summed E-state index contributed by atoms with van der Waals surface area (Å²) in [6, 6.07) is 11.5. The molecule has 0 saturated heterocycles. The Morgan fingerprint density at radius 3 is 2.44 bits per heavy atom. The topological polar surface area (TPSA) is 91.8 Å². The van der Waals surface area contributed by atoms with Gasteiger partial charge >= 0.3 is 0 Å². The first-order chi connectivity index (χ1) is 13.2. The largest absolute Gasteiger partial charge is 0.497 e. The van der Waals surface area contributed by atoms with E-state index < -0.39 is 0 Å². The van der Waals surface area contributed by atoms with E-state index in [1.54, 1.807) is 26.4 Å². The highest BCUT2D eigenvalue weighted by Crippen LogP contribution is 2.30. The molecule has 4 aromatic rings. The number of pyridine rings is 1. The van der Waals surface area contributed by atoms with Crippen molar-refractivity contribution in [1.82, 2.24) is 29.9 Å². The predicted octanol–water partition coefficient (Wildman–Crippen LogP) is 3.32. The summed E-state index contributed by atoms with van der Waals surface area (Å²) in [7, 11) is 1.64. The highest BCUT2D eigenvalue weighted by Gasteiger charge is 2.17. The van der Waals surface area contributed by atoms with Crippen LogP contribution >= 0.6 is 11.8 Å². The zero-order valence-corrected chi connectivity index (χ0v) is 15.6. The number of methoxy groups -OCH3 is 1. The van der Waals surface area contributed by atoms with Crippen molar-refractivity contribution in [2.45, 2.75) is 17.8 Å². The molecule has 1 aromatic carbocycles. The normalized spacial score (nSPS) is 10.9. The summed E-state index contributed by atoms with van der Waals surface area (Å²) in [6.07, 6.45) is 3.47. The number of aryl methyl sites for hydroxylation is 1. The predicted molar refractivity (Wildman–Crippen MR) is 99.7 cm³/mol. The SMILES string of the molecule is COc1ccc(-n2c(SCc3nnc(C)o3)nnc2-c2ccncc2)cc1. The van der Waals surface area contributed by atoms with Crippen LogP contribution in [-0.4, -0.2) is 37.1 Å². The summed E-state index contributed by atoms with van der Waals surface area (Å²) in [5, 5.41) is 17.4. The van der Waals surface area contributed by atoms with Crippen molar-refractivity contribution in [3.8, 4) is 22.8 Å². The molecule has 136 valence electrons. The molecule has 3 heterocycles. The van der Waals surface area contributed by atoms with Gasteiger partial charge in [-0.05, 0) is 36.4 Å². The zero-order chi connectivity index (χ0) is 18.6. The van der Waals surface area contributed by atoms with E-state index in [1.807, 2.05) is 41.0 Å². The van der Waals surface area contributed by atoms with Crippen LogP contribution in [0.3, 0.4) is 0 Å². The van der Waals surface area contributed by atoms with Crippen LogP contribution in [0.5, 0.6) is 5.75 Å². The van der Waals surface area contributed by atoms with Crippen LogP contribution < -0.4 is 4.74 Å². The summed E-state index contributed by atoms with van der Waals surface area (Å²) in [5.74, 6) is 3.11. The van der Waals surface area contributed by atoms with Crippen molar-refractivity contribution in [3.63, 3.8) is 0 Å². The molecule has 0 radical (unpaired) electrons. The van der Waals surface area contributed by atoms with E-state index in [9.17, 15) is 0 Å². The fraction of sp³-hybridized carbons (Fsp3) is 0.167. The van der Waals surface area contributed by atoms with E-state index in [2.05, 4.69) is 25.4 Å². The first kappa shape index (κ1) is 17.2. The lowest BCUT2D eigenvalue weighted by molar-refractivity contribution is 0.414. The molecule has 4 rings (SSSR count). The van der Waals surface area contributed by atoms with Crippen LogP contribution in [0.2, 0.25) is 0 Å². The third-order valence-corrected chi connectivity index (χ3v) is 4.71. The highest BCUT2D eigenvalue weighted by atomic mass is 32.2. The van der Waals surface area contributed by atoms with E-state index in [0.717, 1.165) is 28.0 Å². The summed E-state index contributed by atoms with van der Waals surface area (Å²) >= 11 is 1.48. The van der Waals surface area contributed by atoms with E-state index in [1.165, 1.54) is 11.8 Å². The van der Waals surface area contributed by atoms with Gasteiger partial charge in [0, 0.05) is 30.6 Å². The number of nitrogens with zero attached hydrogens (tertiary/aromatic N) is 6. The monoisotopic (exact) mass is 380 g/mol. The van der Waals surface area contributed by atoms with Gasteiger partial charge in [-0.2, -0.15) is 0 Å². The first-order valence-electron chi connectivity index (χ1n) is 8.16. The van der Waals surface area contributed by atoms with Crippen LogP contribution in [0.1, 0.15) is 11.8 Å². The lowest BCUT2D eigenvalue weighted by Gasteiger charge is -2.10. The number of thioether (sulfide) groups is 1. The van der Waals surface area contributed by atoms with Crippen LogP contribution in [0.15, 0.2) is 58.4 Å². The fourth-order valence-electron chi connectivity index (χ4n) is 2.54. The number of rotatable bonds is 6. The Morgan fingerprint density at radius 2 is 1.78 bits per heavy atom. The van der Waals surface area contributed by atoms with Crippen LogP contribution in [-0.2, 0) is 5.75 Å². The third kappa shape index (κ3) is 3.68.